The smallest absolute Gasteiger partial charge is 0.249 e. The topological polar surface area (TPSA) is 92.5 Å². The Morgan fingerprint density at radius 1 is 1.03 bits per heavy atom. The highest BCUT2D eigenvalue weighted by atomic mass is 16.2. The van der Waals surface area contributed by atoms with Gasteiger partial charge < -0.3 is 11.1 Å². The highest BCUT2D eigenvalue weighted by molar-refractivity contribution is 5.99. The maximum atomic E-state index is 13.1. The first-order valence-electron chi connectivity index (χ1n) is 13.1. The number of rotatable bonds is 12. The van der Waals surface area contributed by atoms with Gasteiger partial charge in [-0.25, -0.2) is 0 Å². The predicted molar refractivity (Wildman–Crippen MR) is 145 cm³/mol. The number of carbonyl (C=O) groups is 3. The number of nitrogens with zero attached hydrogens (tertiary/aromatic N) is 1. The first-order chi connectivity index (χ1) is 17.4. The maximum absolute atomic E-state index is 13.1. The molecule has 192 valence electrons. The number of unbranched alkanes of at least 4 members (excludes halogenated alkanes) is 1. The number of amides is 2. The number of hydrogen-bond donors (Lipinski definition) is 2. The largest absolute Gasteiger partial charge is 0.366 e. The van der Waals surface area contributed by atoms with Crippen molar-refractivity contribution in [2.24, 2.45) is 5.73 Å². The Labute approximate surface area is 214 Å². The van der Waals surface area contributed by atoms with E-state index in [2.05, 4.69) is 41.4 Å². The molecule has 1 aliphatic rings. The van der Waals surface area contributed by atoms with Crippen molar-refractivity contribution < 1.29 is 14.4 Å². The van der Waals surface area contributed by atoms with Crippen LogP contribution in [0.4, 0.5) is 0 Å². The van der Waals surface area contributed by atoms with Crippen LogP contribution in [0.1, 0.15) is 90.9 Å². The molecule has 2 aromatic rings. The highest BCUT2D eigenvalue weighted by Gasteiger charge is 2.24. The predicted octanol–water partition coefficient (Wildman–Crippen LogP) is 4.92. The molecule has 0 aliphatic carbocycles. The van der Waals surface area contributed by atoms with Gasteiger partial charge in [0.2, 0.25) is 11.8 Å². The number of carbonyl (C=O) groups excluding carboxylic acids is 3. The van der Waals surface area contributed by atoms with E-state index in [1.165, 1.54) is 31.7 Å². The minimum atomic E-state index is -0.531. The van der Waals surface area contributed by atoms with Gasteiger partial charge in [-0.3, -0.25) is 19.3 Å². The van der Waals surface area contributed by atoms with Crippen molar-refractivity contribution in [2.75, 3.05) is 19.6 Å². The van der Waals surface area contributed by atoms with E-state index < -0.39 is 11.8 Å². The van der Waals surface area contributed by atoms with Crippen LogP contribution < -0.4 is 11.1 Å². The van der Waals surface area contributed by atoms with Crippen molar-refractivity contribution in [2.45, 2.75) is 64.8 Å². The molecule has 1 fully saturated rings. The molecule has 0 bridgehead atoms. The van der Waals surface area contributed by atoms with Gasteiger partial charge in [-0.05, 0) is 60.7 Å². The van der Waals surface area contributed by atoms with Crippen molar-refractivity contribution in [3.05, 3.63) is 70.3 Å². The van der Waals surface area contributed by atoms with Crippen LogP contribution >= 0.6 is 0 Å². The number of benzene rings is 2. The number of Topliss-reactive ketones (excluding diaryl/α,β-unsaturated/α-hetero) is 1. The molecular weight excluding hydrogens is 450 g/mol. The van der Waals surface area contributed by atoms with Gasteiger partial charge in [0.25, 0.3) is 0 Å². The summed E-state index contributed by atoms with van der Waals surface area (Å²) in [5.41, 5.74) is 9.84. The summed E-state index contributed by atoms with van der Waals surface area (Å²) in [6.45, 7) is 6.72. The molecule has 0 radical (unpaired) electrons. The second-order valence-corrected chi connectivity index (χ2v) is 9.66. The van der Waals surface area contributed by atoms with Gasteiger partial charge in [0, 0.05) is 24.9 Å². The lowest BCUT2D eigenvalue weighted by Crippen LogP contribution is -2.31. The lowest BCUT2D eigenvalue weighted by molar-refractivity contribution is -0.124. The monoisotopic (exact) mass is 489 g/mol. The van der Waals surface area contributed by atoms with Gasteiger partial charge in [0.15, 0.2) is 5.78 Å². The van der Waals surface area contributed by atoms with E-state index in [4.69, 9.17) is 5.73 Å². The van der Waals surface area contributed by atoms with Gasteiger partial charge in [-0.15, -0.1) is 0 Å². The molecule has 1 saturated heterocycles. The number of piperidine rings is 1. The van der Waals surface area contributed by atoms with Crippen molar-refractivity contribution >= 4 is 29.7 Å². The molecule has 36 heavy (non-hydrogen) atoms. The van der Waals surface area contributed by atoms with Crippen molar-refractivity contribution in [1.82, 2.24) is 10.2 Å². The summed E-state index contributed by atoms with van der Waals surface area (Å²) >= 11 is 0. The summed E-state index contributed by atoms with van der Waals surface area (Å²) in [7, 11) is 0. The lowest BCUT2D eigenvalue weighted by Gasteiger charge is -2.26. The molecule has 1 atom stereocenters. The molecular formula is C30H39N3O3. The minimum Gasteiger partial charge on any atom is -0.366 e. The second-order valence-electron chi connectivity index (χ2n) is 9.66. The van der Waals surface area contributed by atoms with Crippen LogP contribution in [0.3, 0.4) is 0 Å². The third-order valence-electron chi connectivity index (χ3n) is 6.80. The van der Waals surface area contributed by atoms with Gasteiger partial charge >= 0.3 is 0 Å². The summed E-state index contributed by atoms with van der Waals surface area (Å²) in [5.74, 6) is -1.27. The Hall–Kier alpha value is -3.25. The number of likely N-dealkylation sites (tertiary alicyclic amines) is 1. The van der Waals surface area contributed by atoms with E-state index in [1.54, 1.807) is 12.1 Å². The maximum Gasteiger partial charge on any atom is 0.249 e. The molecule has 2 amide bonds. The first kappa shape index (κ1) is 27.3. The Bertz CT molecular complexity index is 1070. The van der Waals surface area contributed by atoms with Gasteiger partial charge in [0.05, 0.1) is 6.54 Å². The molecule has 1 aliphatic heterocycles. The van der Waals surface area contributed by atoms with Gasteiger partial charge in [-0.2, -0.15) is 0 Å². The van der Waals surface area contributed by atoms with Crippen LogP contribution in [-0.2, 0) is 16.1 Å². The molecule has 6 heteroatoms. The summed E-state index contributed by atoms with van der Waals surface area (Å²) in [5, 5.41) is 2.62. The summed E-state index contributed by atoms with van der Waals surface area (Å²) in [6.07, 6.45) is 10.2. The quantitative estimate of drug-likeness (QED) is 0.414. The summed E-state index contributed by atoms with van der Waals surface area (Å²) in [6, 6.07) is 13.8. The standard InChI is InChI=1S/C30H39N3O3/c1-3-4-9-27(29(35)20-32-22(2)34)25-10-8-11-28(30(31)36)26(25)17-16-23-12-14-24(15-13-23)21-33-18-6-5-7-19-33/h8,10-17,27H,3-7,9,18-21H2,1-2H3,(H2,31,36)(H,32,34). The Balaban J connectivity index is 1.87. The Morgan fingerprint density at radius 2 is 1.75 bits per heavy atom. The van der Waals surface area contributed by atoms with Crippen molar-refractivity contribution in [3.63, 3.8) is 0 Å². The number of ketones is 1. The fourth-order valence-electron chi connectivity index (χ4n) is 4.81. The number of primary amides is 1. The van der Waals surface area contributed by atoms with E-state index in [9.17, 15) is 14.4 Å². The third-order valence-corrected chi connectivity index (χ3v) is 6.80. The molecule has 1 heterocycles. The third kappa shape index (κ3) is 7.89. The zero-order chi connectivity index (χ0) is 25.9. The average Bonchev–Trinajstić information content (AvgIpc) is 2.88. The SMILES string of the molecule is CCCCC(C(=O)CNC(C)=O)c1cccc(C(N)=O)c1C=Cc1ccc(CN2CCCCC2)cc1. The van der Waals surface area contributed by atoms with Gasteiger partial charge in [-0.1, -0.05) is 74.7 Å². The molecule has 3 N–H and O–H groups in total. The number of nitrogens with one attached hydrogen (secondary N) is 1. The fourth-order valence-corrected chi connectivity index (χ4v) is 4.81. The lowest BCUT2D eigenvalue weighted by atomic mass is 9.84. The molecule has 0 spiro atoms. The minimum absolute atomic E-state index is 0.0356. The van der Waals surface area contributed by atoms with Crippen LogP contribution in [0.5, 0.6) is 0 Å². The normalized spacial score (nSPS) is 15.1. The zero-order valence-electron chi connectivity index (χ0n) is 21.6. The van der Waals surface area contributed by atoms with Crippen molar-refractivity contribution in [1.29, 1.82) is 0 Å². The summed E-state index contributed by atoms with van der Waals surface area (Å²) < 4.78 is 0. The Morgan fingerprint density at radius 3 is 2.39 bits per heavy atom. The zero-order valence-corrected chi connectivity index (χ0v) is 21.6. The first-order valence-corrected chi connectivity index (χ1v) is 13.1. The van der Waals surface area contributed by atoms with E-state index in [0.717, 1.165) is 43.6 Å². The van der Waals surface area contributed by atoms with Gasteiger partial charge in [0.1, 0.15) is 0 Å². The van der Waals surface area contributed by atoms with E-state index in [-0.39, 0.29) is 18.2 Å². The summed E-state index contributed by atoms with van der Waals surface area (Å²) in [4.78, 5) is 39.3. The van der Waals surface area contributed by atoms with E-state index in [0.29, 0.717) is 17.5 Å². The van der Waals surface area contributed by atoms with Crippen molar-refractivity contribution in [3.8, 4) is 0 Å². The van der Waals surface area contributed by atoms with Crippen LogP contribution in [0, 0.1) is 0 Å². The van der Waals surface area contributed by atoms with Crippen LogP contribution in [0.25, 0.3) is 12.2 Å². The average molecular weight is 490 g/mol. The highest BCUT2D eigenvalue weighted by Crippen LogP contribution is 2.30. The molecule has 0 aromatic heterocycles. The number of nitrogens with two attached hydrogens (primary N) is 1. The Kier molecular flexibility index (Phi) is 10.4. The number of hydrogen-bond acceptors (Lipinski definition) is 4. The van der Waals surface area contributed by atoms with Crippen LogP contribution in [0.2, 0.25) is 0 Å². The van der Waals surface area contributed by atoms with E-state index in [1.807, 2.05) is 18.2 Å². The molecule has 3 rings (SSSR count). The molecule has 1 unspecified atom stereocenters. The molecule has 0 saturated carbocycles. The van der Waals surface area contributed by atoms with Crippen LogP contribution in [-0.4, -0.2) is 42.1 Å². The molecule has 2 aromatic carbocycles. The van der Waals surface area contributed by atoms with Crippen LogP contribution in [0.15, 0.2) is 42.5 Å². The fraction of sp³-hybridized carbons (Fsp3) is 0.433. The van der Waals surface area contributed by atoms with E-state index >= 15 is 0 Å². The molecule has 6 nitrogen and oxygen atoms in total. The second kappa shape index (κ2) is 13.7.